The zero-order chi connectivity index (χ0) is 22.5. The number of hydrogen-bond acceptors (Lipinski definition) is 4. The van der Waals surface area contributed by atoms with Crippen molar-refractivity contribution in [2.24, 2.45) is 4.99 Å². The molecule has 0 aliphatic carbocycles. The van der Waals surface area contributed by atoms with Gasteiger partial charge in [-0.2, -0.15) is 0 Å². The topological polar surface area (TPSA) is 58.1 Å². The zero-order valence-corrected chi connectivity index (χ0v) is 22.5. The first-order valence-electron chi connectivity index (χ1n) is 11.7. The van der Waals surface area contributed by atoms with Gasteiger partial charge in [-0.3, -0.25) is 9.89 Å². The standard InChI is InChI=1S/C26H36N4O2.HI/c1-18-7-5-6-8-20(18)17-30-11-9-23(10-12-30)29-26(27-3)28-16-22-15-25-21(13-19(2)32-25)14-24(22)31-4;/h5-8,14-15,19,23H,9-13,16-17H2,1-4H3,(H2,27,28,29);1H. The second-order valence-electron chi connectivity index (χ2n) is 8.95. The molecule has 1 atom stereocenters. The summed E-state index contributed by atoms with van der Waals surface area (Å²) < 4.78 is 11.6. The van der Waals surface area contributed by atoms with Crippen molar-refractivity contribution in [2.45, 2.75) is 58.3 Å². The molecule has 2 N–H and O–H groups in total. The van der Waals surface area contributed by atoms with Crippen LogP contribution >= 0.6 is 24.0 Å². The van der Waals surface area contributed by atoms with E-state index in [4.69, 9.17) is 9.47 Å². The van der Waals surface area contributed by atoms with Gasteiger partial charge in [-0.05, 0) is 49.9 Å². The molecule has 0 amide bonds. The molecule has 2 aliphatic heterocycles. The van der Waals surface area contributed by atoms with Crippen LogP contribution in [0.25, 0.3) is 0 Å². The molecule has 1 saturated heterocycles. The molecule has 0 spiro atoms. The molecule has 180 valence electrons. The first kappa shape index (κ1) is 25.6. The van der Waals surface area contributed by atoms with Crippen molar-refractivity contribution in [1.29, 1.82) is 0 Å². The Labute approximate surface area is 215 Å². The van der Waals surface area contributed by atoms with Gasteiger partial charge in [-0.15, -0.1) is 24.0 Å². The Bertz CT molecular complexity index is 957. The molecule has 33 heavy (non-hydrogen) atoms. The van der Waals surface area contributed by atoms with E-state index < -0.39 is 0 Å². The molecule has 1 unspecified atom stereocenters. The van der Waals surface area contributed by atoms with Crippen molar-refractivity contribution < 1.29 is 9.47 Å². The molecule has 0 bridgehead atoms. The number of piperidine rings is 1. The summed E-state index contributed by atoms with van der Waals surface area (Å²) in [5.41, 5.74) is 5.10. The van der Waals surface area contributed by atoms with E-state index in [1.165, 1.54) is 16.7 Å². The fourth-order valence-electron chi connectivity index (χ4n) is 4.64. The maximum atomic E-state index is 5.93. The number of halogens is 1. The van der Waals surface area contributed by atoms with Gasteiger partial charge in [0.15, 0.2) is 5.96 Å². The van der Waals surface area contributed by atoms with E-state index in [2.05, 4.69) is 70.8 Å². The molecule has 2 heterocycles. The van der Waals surface area contributed by atoms with Gasteiger partial charge in [-0.25, -0.2) is 0 Å². The van der Waals surface area contributed by atoms with Gasteiger partial charge in [0, 0.05) is 56.8 Å². The quantitative estimate of drug-likeness (QED) is 0.312. The third-order valence-corrected chi connectivity index (χ3v) is 6.55. The number of nitrogens with zero attached hydrogens (tertiary/aromatic N) is 2. The third kappa shape index (κ3) is 6.53. The maximum Gasteiger partial charge on any atom is 0.191 e. The number of nitrogens with one attached hydrogen (secondary N) is 2. The smallest absolute Gasteiger partial charge is 0.191 e. The van der Waals surface area contributed by atoms with Gasteiger partial charge in [0.05, 0.1) is 7.11 Å². The van der Waals surface area contributed by atoms with Crippen LogP contribution < -0.4 is 20.1 Å². The summed E-state index contributed by atoms with van der Waals surface area (Å²) >= 11 is 0. The number of hydrogen-bond donors (Lipinski definition) is 2. The molecule has 0 radical (unpaired) electrons. The van der Waals surface area contributed by atoms with Gasteiger partial charge in [0.2, 0.25) is 0 Å². The lowest BCUT2D eigenvalue weighted by atomic mass is 10.0. The summed E-state index contributed by atoms with van der Waals surface area (Å²) in [5, 5.41) is 7.07. The molecule has 0 saturated carbocycles. The van der Waals surface area contributed by atoms with Crippen LogP contribution in [0.15, 0.2) is 41.4 Å². The summed E-state index contributed by atoms with van der Waals surface area (Å²) in [6.07, 6.45) is 3.38. The van der Waals surface area contributed by atoms with Crippen LogP contribution in [0.5, 0.6) is 11.5 Å². The van der Waals surface area contributed by atoms with Crippen molar-refractivity contribution in [3.8, 4) is 11.5 Å². The number of aliphatic imine (C=N–C) groups is 1. The van der Waals surface area contributed by atoms with Gasteiger partial charge in [0.25, 0.3) is 0 Å². The summed E-state index contributed by atoms with van der Waals surface area (Å²) in [5.74, 6) is 2.70. The highest BCUT2D eigenvalue weighted by Gasteiger charge is 2.23. The average Bonchev–Trinajstić information content (AvgIpc) is 3.17. The van der Waals surface area contributed by atoms with E-state index in [1.54, 1.807) is 7.11 Å². The van der Waals surface area contributed by atoms with Crippen LogP contribution in [0.3, 0.4) is 0 Å². The van der Waals surface area contributed by atoms with Crippen LogP contribution in [-0.4, -0.2) is 50.3 Å². The number of aryl methyl sites for hydroxylation is 1. The van der Waals surface area contributed by atoms with Crippen LogP contribution in [0.1, 0.15) is 42.0 Å². The Morgan fingerprint density at radius 2 is 1.94 bits per heavy atom. The zero-order valence-electron chi connectivity index (χ0n) is 20.2. The van der Waals surface area contributed by atoms with E-state index in [1.807, 2.05) is 7.05 Å². The van der Waals surface area contributed by atoms with Crippen molar-refractivity contribution in [2.75, 3.05) is 27.2 Å². The first-order chi connectivity index (χ1) is 15.6. The second-order valence-corrected chi connectivity index (χ2v) is 8.95. The van der Waals surface area contributed by atoms with E-state index >= 15 is 0 Å². The van der Waals surface area contributed by atoms with Crippen molar-refractivity contribution >= 4 is 29.9 Å². The largest absolute Gasteiger partial charge is 0.496 e. The number of likely N-dealkylation sites (tertiary alicyclic amines) is 1. The van der Waals surface area contributed by atoms with Crippen LogP contribution in [0, 0.1) is 6.92 Å². The van der Waals surface area contributed by atoms with Crippen molar-refractivity contribution in [1.82, 2.24) is 15.5 Å². The summed E-state index contributed by atoms with van der Waals surface area (Å²) in [6, 6.07) is 13.3. The number of fused-ring (bicyclic) bond motifs is 1. The minimum Gasteiger partial charge on any atom is -0.496 e. The van der Waals surface area contributed by atoms with E-state index in [0.717, 1.165) is 61.9 Å². The summed E-state index contributed by atoms with van der Waals surface area (Å²) in [4.78, 5) is 6.99. The molecule has 1 fully saturated rings. The number of guanidine groups is 1. The lowest BCUT2D eigenvalue weighted by Crippen LogP contribution is -2.48. The first-order valence-corrected chi connectivity index (χ1v) is 11.7. The van der Waals surface area contributed by atoms with Crippen LogP contribution in [0.2, 0.25) is 0 Å². The second kappa shape index (κ2) is 11.9. The number of rotatable bonds is 6. The average molecular weight is 565 g/mol. The predicted molar refractivity (Wildman–Crippen MR) is 145 cm³/mol. The normalized spacial score (nSPS) is 18.8. The molecular formula is C26H37IN4O2. The number of methoxy groups -OCH3 is 1. The van der Waals surface area contributed by atoms with Crippen molar-refractivity contribution in [3.05, 3.63) is 58.7 Å². The highest BCUT2D eigenvalue weighted by atomic mass is 127. The third-order valence-electron chi connectivity index (χ3n) is 6.55. The molecule has 2 aromatic rings. The fraction of sp³-hybridized carbons (Fsp3) is 0.500. The Morgan fingerprint density at radius 3 is 2.64 bits per heavy atom. The van der Waals surface area contributed by atoms with Crippen LogP contribution in [0.4, 0.5) is 0 Å². The molecule has 2 aromatic carbocycles. The summed E-state index contributed by atoms with van der Waals surface area (Å²) in [6.45, 7) is 8.16. The molecule has 6 nitrogen and oxygen atoms in total. The van der Waals surface area contributed by atoms with E-state index in [-0.39, 0.29) is 30.1 Å². The summed E-state index contributed by atoms with van der Waals surface area (Å²) in [7, 11) is 3.55. The Kier molecular flexibility index (Phi) is 9.26. The monoisotopic (exact) mass is 564 g/mol. The van der Waals surface area contributed by atoms with Gasteiger partial charge in [-0.1, -0.05) is 24.3 Å². The minimum atomic E-state index is 0. The van der Waals surface area contributed by atoms with Crippen molar-refractivity contribution in [3.63, 3.8) is 0 Å². The van der Waals surface area contributed by atoms with Gasteiger partial charge in [0.1, 0.15) is 17.6 Å². The number of benzene rings is 2. The van der Waals surface area contributed by atoms with Gasteiger partial charge < -0.3 is 20.1 Å². The Balaban J connectivity index is 0.00000306. The fourth-order valence-corrected chi connectivity index (χ4v) is 4.64. The maximum absolute atomic E-state index is 5.93. The molecule has 2 aliphatic rings. The highest BCUT2D eigenvalue weighted by Crippen LogP contribution is 2.34. The van der Waals surface area contributed by atoms with E-state index in [9.17, 15) is 0 Å². The van der Waals surface area contributed by atoms with E-state index in [0.29, 0.717) is 12.6 Å². The highest BCUT2D eigenvalue weighted by molar-refractivity contribution is 14.0. The predicted octanol–water partition coefficient (Wildman–Crippen LogP) is 4.27. The molecule has 0 aromatic heterocycles. The van der Waals surface area contributed by atoms with Gasteiger partial charge >= 0.3 is 0 Å². The molecule has 7 heteroatoms. The molecular weight excluding hydrogens is 527 g/mol. The lowest BCUT2D eigenvalue weighted by Gasteiger charge is -2.33. The molecule has 4 rings (SSSR count). The minimum absolute atomic E-state index is 0. The Morgan fingerprint density at radius 1 is 1.18 bits per heavy atom. The Hall–Kier alpha value is -2.00. The van der Waals surface area contributed by atoms with Crippen LogP contribution in [-0.2, 0) is 19.5 Å². The lowest BCUT2D eigenvalue weighted by molar-refractivity contribution is 0.198. The SMILES string of the molecule is CN=C(NCc1cc2c(cc1OC)CC(C)O2)NC1CCN(Cc2ccccc2C)CC1.I. The number of ether oxygens (including phenoxy) is 2.